The van der Waals surface area contributed by atoms with Gasteiger partial charge in [0.05, 0.1) is 11.1 Å². The fourth-order valence-electron chi connectivity index (χ4n) is 2.27. The summed E-state index contributed by atoms with van der Waals surface area (Å²) in [5.41, 5.74) is 2.28. The third kappa shape index (κ3) is 2.91. The van der Waals surface area contributed by atoms with Gasteiger partial charge in [-0.25, -0.2) is 9.69 Å². The monoisotopic (exact) mass is 310 g/mol. The zero-order valence-electron chi connectivity index (χ0n) is 12.4. The number of carbonyl (C=O) groups is 3. The van der Waals surface area contributed by atoms with Crippen LogP contribution in [0.3, 0.4) is 0 Å². The van der Waals surface area contributed by atoms with Gasteiger partial charge in [0.25, 0.3) is 11.8 Å². The second-order valence-electron chi connectivity index (χ2n) is 5.14. The smallest absolute Gasteiger partial charge is 0.413 e. The molecule has 0 aliphatic carbocycles. The lowest BCUT2D eigenvalue weighted by atomic mass is 10.1. The van der Waals surface area contributed by atoms with E-state index in [0.29, 0.717) is 16.8 Å². The molecular weight excluding hydrogens is 296 g/mol. The minimum Gasteiger partial charge on any atom is -0.427 e. The molecular formula is C17H14N2O4. The first-order chi connectivity index (χ1) is 11.1. The van der Waals surface area contributed by atoms with E-state index in [1.807, 2.05) is 19.1 Å². The molecule has 0 spiro atoms. The molecule has 2 aromatic carbocycles. The number of hydrogen-bond donors (Lipinski definition) is 1. The van der Waals surface area contributed by atoms with E-state index >= 15 is 0 Å². The van der Waals surface area contributed by atoms with Gasteiger partial charge in [-0.3, -0.25) is 14.9 Å². The summed E-state index contributed by atoms with van der Waals surface area (Å²) in [6.07, 6.45) is -0.731. The van der Waals surface area contributed by atoms with Crippen molar-refractivity contribution in [2.45, 2.75) is 6.92 Å². The van der Waals surface area contributed by atoms with Crippen LogP contribution in [0.2, 0.25) is 0 Å². The first-order valence-corrected chi connectivity index (χ1v) is 7.02. The molecule has 6 heteroatoms. The van der Waals surface area contributed by atoms with Crippen LogP contribution in [0.5, 0.6) is 0 Å². The SMILES string of the molecule is Cc1ccc(NC(=O)OCN2C(=O)c3ccccc3C2=O)cc1. The van der Waals surface area contributed by atoms with Crippen molar-refractivity contribution in [3.8, 4) is 0 Å². The van der Waals surface area contributed by atoms with Crippen molar-refractivity contribution >= 4 is 23.6 Å². The van der Waals surface area contributed by atoms with Crippen molar-refractivity contribution in [3.05, 3.63) is 65.2 Å². The largest absolute Gasteiger partial charge is 0.427 e. The number of benzene rings is 2. The number of nitrogens with zero attached hydrogens (tertiary/aromatic N) is 1. The molecule has 3 rings (SSSR count). The number of imide groups is 1. The molecule has 2 aromatic rings. The molecule has 116 valence electrons. The molecule has 1 aliphatic heterocycles. The lowest BCUT2D eigenvalue weighted by Crippen LogP contribution is -2.34. The van der Waals surface area contributed by atoms with Crippen LogP contribution < -0.4 is 5.32 Å². The van der Waals surface area contributed by atoms with E-state index in [-0.39, 0.29) is 0 Å². The molecule has 1 aliphatic rings. The van der Waals surface area contributed by atoms with Crippen LogP contribution in [0, 0.1) is 6.92 Å². The van der Waals surface area contributed by atoms with Crippen molar-refractivity contribution < 1.29 is 19.1 Å². The second kappa shape index (κ2) is 5.92. The number of aryl methyl sites for hydroxylation is 1. The van der Waals surface area contributed by atoms with Gasteiger partial charge in [0.1, 0.15) is 0 Å². The Morgan fingerprint density at radius 3 is 2.13 bits per heavy atom. The molecule has 3 amide bonds. The van der Waals surface area contributed by atoms with Crippen LogP contribution in [0.25, 0.3) is 0 Å². The lowest BCUT2D eigenvalue weighted by molar-refractivity contribution is 0.0449. The van der Waals surface area contributed by atoms with Crippen molar-refractivity contribution in [1.29, 1.82) is 0 Å². The van der Waals surface area contributed by atoms with E-state index in [1.165, 1.54) is 0 Å². The van der Waals surface area contributed by atoms with E-state index in [9.17, 15) is 14.4 Å². The van der Waals surface area contributed by atoms with Gasteiger partial charge in [-0.2, -0.15) is 0 Å². The highest BCUT2D eigenvalue weighted by molar-refractivity contribution is 6.21. The lowest BCUT2D eigenvalue weighted by Gasteiger charge is -2.14. The molecule has 0 atom stereocenters. The number of carbonyl (C=O) groups excluding carboxylic acids is 3. The highest BCUT2D eigenvalue weighted by Crippen LogP contribution is 2.22. The van der Waals surface area contributed by atoms with E-state index in [4.69, 9.17) is 4.74 Å². The minimum atomic E-state index is -0.731. The maximum atomic E-state index is 12.1. The highest BCUT2D eigenvalue weighted by atomic mass is 16.6. The topological polar surface area (TPSA) is 75.7 Å². The van der Waals surface area contributed by atoms with Crippen molar-refractivity contribution in [3.63, 3.8) is 0 Å². The van der Waals surface area contributed by atoms with Crippen LogP contribution in [0.4, 0.5) is 10.5 Å². The average Bonchev–Trinajstić information content (AvgIpc) is 2.80. The van der Waals surface area contributed by atoms with Crippen molar-refractivity contribution in [2.75, 3.05) is 12.0 Å². The van der Waals surface area contributed by atoms with E-state index < -0.39 is 24.6 Å². The number of amides is 3. The Morgan fingerprint density at radius 2 is 1.57 bits per heavy atom. The molecule has 0 radical (unpaired) electrons. The van der Waals surface area contributed by atoms with Crippen LogP contribution in [0.15, 0.2) is 48.5 Å². The zero-order chi connectivity index (χ0) is 16.4. The van der Waals surface area contributed by atoms with Gasteiger partial charge in [-0.1, -0.05) is 29.8 Å². The summed E-state index contributed by atoms with van der Waals surface area (Å²) in [5, 5.41) is 2.53. The third-order valence-electron chi connectivity index (χ3n) is 3.50. The van der Waals surface area contributed by atoms with E-state index in [2.05, 4.69) is 5.32 Å². The van der Waals surface area contributed by atoms with Crippen LogP contribution >= 0.6 is 0 Å². The summed E-state index contributed by atoms with van der Waals surface area (Å²) >= 11 is 0. The molecule has 0 saturated heterocycles. The number of anilines is 1. The average molecular weight is 310 g/mol. The Labute approximate surface area is 132 Å². The minimum absolute atomic E-state index is 0.319. The fraction of sp³-hybridized carbons (Fsp3) is 0.118. The Kier molecular flexibility index (Phi) is 3.80. The number of hydrogen-bond acceptors (Lipinski definition) is 4. The normalized spacial score (nSPS) is 13.0. The molecule has 0 saturated carbocycles. The second-order valence-corrected chi connectivity index (χ2v) is 5.14. The van der Waals surface area contributed by atoms with Crippen LogP contribution in [-0.4, -0.2) is 29.5 Å². The molecule has 0 unspecified atom stereocenters. The summed E-state index contributed by atoms with van der Waals surface area (Å²) in [6.45, 7) is 1.51. The first kappa shape index (κ1) is 14.8. The maximum Gasteiger partial charge on any atom is 0.413 e. The molecule has 0 bridgehead atoms. The third-order valence-corrected chi connectivity index (χ3v) is 3.50. The predicted octanol–water partition coefficient (Wildman–Crippen LogP) is 2.80. The van der Waals surface area contributed by atoms with Gasteiger partial charge in [0.15, 0.2) is 6.73 Å². The number of ether oxygens (including phenoxy) is 1. The summed E-state index contributed by atoms with van der Waals surface area (Å²) in [6, 6.07) is 13.7. The molecule has 0 aromatic heterocycles. The van der Waals surface area contributed by atoms with Gasteiger partial charge in [0, 0.05) is 5.69 Å². The number of rotatable bonds is 3. The summed E-state index contributed by atoms with van der Waals surface area (Å²) in [4.78, 5) is 36.9. The van der Waals surface area contributed by atoms with Crippen LogP contribution in [-0.2, 0) is 4.74 Å². The van der Waals surface area contributed by atoms with Crippen molar-refractivity contribution in [1.82, 2.24) is 4.90 Å². The van der Waals surface area contributed by atoms with Crippen LogP contribution in [0.1, 0.15) is 26.3 Å². The standard InChI is InChI=1S/C17H14N2O4/c1-11-6-8-12(9-7-11)18-17(22)23-10-19-15(20)13-4-2-3-5-14(13)16(19)21/h2-9H,10H2,1H3,(H,18,22). The quantitative estimate of drug-likeness (QED) is 0.885. The molecule has 1 N–H and O–H groups in total. The predicted molar refractivity (Wildman–Crippen MR) is 83.1 cm³/mol. The summed E-state index contributed by atoms with van der Waals surface area (Å²) < 4.78 is 4.97. The Morgan fingerprint density at radius 1 is 1.00 bits per heavy atom. The highest BCUT2D eigenvalue weighted by Gasteiger charge is 2.35. The van der Waals surface area contributed by atoms with Gasteiger partial charge < -0.3 is 4.74 Å². The fourth-order valence-corrected chi connectivity index (χ4v) is 2.27. The van der Waals surface area contributed by atoms with Gasteiger partial charge in [0.2, 0.25) is 0 Å². The summed E-state index contributed by atoms with van der Waals surface area (Å²) in [5.74, 6) is -0.928. The van der Waals surface area contributed by atoms with E-state index in [1.54, 1.807) is 36.4 Å². The van der Waals surface area contributed by atoms with E-state index in [0.717, 1.165) is 10.5 Å². The van der Waals surface area contributed by atoms with Gasteiger partial charge >= 0.3 is 6.09 Å². The Balaban J connectivity index is 1.61. The number of nitrogens with one attached hydrogen (secondary N) is 1. The Hall–Kier alpha value is -3.15. The maximum absolute atomic E-state index is 12.1. The number of fused-ring (bicyclic) bond motifs is 1. The zero-order valence-corrected chi connectivity index (χ0v) is 12.4. The Bertz CT molecular complexity index is 748. The molecule has 23 heavy (non-hydrogen) atoms. The molecule has 0 fully saturated rings. The van der Waals surface area contributed by atoms with Crippen molar-refractivity contribution in [2.24, 2.45) is 0 Å². The molecule has 6 nitrogen and oxygen atoms in total. The van der Waals surface area contributed by atoms with Gasteiger partial charge in [-0.05, 0) is 31.2 Å². The molecule has 1 heterocycles. The summed E-state index contributed by atoms with van der Waals surface area (Å²) in [7, 11) is 0. The first-order valence-electron chi connectivity index (χ1n) is 7.02. The van der Waals surface area contributed by atoms with Gasteiger partial charge in [-0.15, -0.1) is 0 Å².